The maximum absolute atomic E-state index is 12.1. The van der Waals surface area contributed by atoms with E-state index < -0.39 is 6.23 Å². The van der Waals surface area contributed by atoms with Crippen LogP contribution < -0.4 is 14.2 Å². The summed E-state index contributed by atoms with van der Waals surface area (Å²) < 4.78 is 23.0. The summed E-state index contributed by atoms with van der Waals surface area (Å²) in [5.41, 5.74) is 1.40. The molecule has 0 bridgehead atoms. The van der Waals surface area contributed by atoms with Crippen molar-refractivity contribution in [1.82, 2.24) is 5.01 Å². The number of nitrogens with zero attached hydrogens (tertiary/aromatic N) is 2. The summed E-state index contributed by atoms with van der Waals surface area (Å²) in [7, 11) is 4.59. The molecule has 0 N–H and O–H groups in total. The zero-order chi connectivity index (χ0) is 19.6. The SMILES string of the molecule is COc1cc(C2OC(c3cccc(Br)c3)=NN2C(C)=O)cc(OC)c1OC. The van der Waals surface area contributed by atoms with Gasteiger partial charge in [0.1, 0.15) is 0 Å². The van der Waals surface area contributed by atoms with E-state index in [0.717, 1.165) is 10.0 Å². The Hall–Kier alpha value is -2.74. The molecule has 0 saturated heterocycles. The van der Waals surface area contributed by atoms with Crippen LogP contribution in [0.2, 0.25) is 0 Å². The van der Waals surface area contributed by atoms with Crippen molar-refractivity contribution in [2.24, 2.45) is 5.10 Å². The number of hydrogen-bond acceptors (Lipinski definition) is 6. The molecular weight excluding hydrogens is 416 g/mol. The Bertz CT molecular complexity index is 874. The van der Waals surface area contributed by atoms with Gasteiger partial charge in [-0.05, 0) is 30.3 Å². The molecule has 1 heterocycles. The topological polar surface area (TPSA) is 69.6 Å². The standard InChI is InChI=1S/C19H19BrN2O5/c1-11(23)22-19(27-18(21-22)12-6-5-7-14(20)8-12)13-9-15(24-2)17(26-4)16(10-13)25-3/h5-10,19H,1-4H3. The van der Waals surface area contributed by atoms with E-state index in [4.69, 9.17) is 18.9 Å². The van der Waals surface area contributed by atoms with Gasteiger partial charge in [-0.15, -0.1) is 5.10 Å². The van der Waals surface area contributed by atoms with Gasteiger partial charge in [0.2, 0.25) is 23.8 Å². The number of methoxy groups -OCH3 is 3. The number of hydrogen-bond donors (Lipinski definition) is 0. The molecule has 0 fully saturated rings. The highest BCUT2D eigenvalue weighted by Gasteiger charge is 2.34. The molecule has 2 aromatic rings. The molecule has 3 rings (SSSR count). The predicted octanol–water partition coefficient (Wildman–Crippen LogP) is 3.71. The summed E-state index contributed by atoms with van der Waals surface area (Å²) in [5.74, 6) is 1.50. The first-order valence-electron chi connectivity index (χ1n) is 8.09. The van der Waals surface area contributed by atoms with E-state index in [0.29, 0.717) is 28.7 Å². The molecule has 0 spiro atoms. The summed E-state index contributed by atoms with van der Waals surface area (Å²) in [6, 6.07) is 11.0. The minimum atomic E-state index is -0.745. The number of carbonyl (C=O) groups excluding carboxylic acids is 1. The Kier molecular flexibility index (Phi) is 5.55. The minimum Gasteiger partial charge on any atom is -0.493 e. The molecule has 7 nitrogen and oxygen atoms in total. The highest BCUT2D eigenvalue weighted by molar-refractivity contribution is 9.10. The van der Waals surface area contributed by atoms with Crippen LogP contribution in [0.4, 0.5) is 0 Å². The molecule has 1 amide bonds. The van der Waals surface area contributed by atoms with Crippen molar-refractivity contribution in [1.29, 1.82) is 0 Å². The Morgan fingerprint density at radius 2 is 1.78 bits per heavy atom. The summed E-state index contributed by atoms with van der Waals surface area (Å²) in [5, 5.41) is 5.64. The zero-order valence-corrected chi connectivity index (χ0v) is 16.9. The first-order valence-corrected chi connectivity index (χ1v) is 8.88. The second-order valence-electron chi connectivity index (χ2n) is 5.71. The lowest BCUT2D eigenvalue weighted by Gasteiger charge is -2.21. The maximum atomic E-state index is 12.1. The molecule has 142 valence electrons. The Balaban J connectivity index is 2.03. The molecule has 0 radical (unpaired) electrons. The van der Waals surface area contributed by atoms with Gasteiger partial charge in [-0.3, -0.25) is 4.79 Å². The van der Waals surface area contributed by atoms with Crippen LogP contribution in [0.3, 0.4) is 0 Å². The van der Waals surface area contributed by atoms with E-state index in [2.05, 4.69) is 21.0 Å². The number of ether oxygens (including phenoxy) is 4. The largest absolute Gasteiger partial charge is 0.493 e. The molecule has 0 saturated carbocycles. The average Bonchev–Trinajstić information content (AvgIpc) is 3.12. The van der Waals surface area contributed by atoms with Gasteiger partial charge in [0.25, 0.3) is 0 Å². The molecular formula is C19H19BrN2O5. The van der Waals surface area contributed by atoms with Crippen LogP contribution in [-0.4, -0.2) is 38.1 Å². The molecule has 1 unspecified atom stereocenters. The number of benzene rings is 2. The predicted molar refractivity (Wildman–Crippen MR) is 103 cm³/mol. The molecule has 1 atom stereocenters. The van der Waals surface area contributed by atoms with E-state index in [9.17, 15) is 4.79 Å². The Morgan fingerprint density at radius 3 is 2.30 bits per heavy atom. The molecule has 1 aliphatic rings. The summed E-state index contributed by atoms with van der Waals surface area (Å²) in [6.07, 6.45) is -0.745. The number of hydrazone groups is 1. The van der Waals surface area contributed by atoms with E-state index in [1.54, 1.807) is 12.1 Å². The van der Waals surface area contributed by atoms with Gasteiger partial charge in [-0.25, -0.2) is 0 Å². The summed E-state index contributed by atoms with van der Waals surface area (Å²) >= 11 is 3.43. The number of carbonyl (C=O) groups is 1. The van der Waals surface area contributed by atoms with Crippen molar-refractivity contribution in [3.8, 4) is 17.2 Å². The van der Waals surface area contributed by atoms with Crippen LogP contribution in [0, 0.1) is 0 Å². The number of rotatable bonds is 5. The number of amides is 1. The van der Waals surface area contributed by atoms with Crippen molar-refractivity contribution in [2.45, 2.75) is 13.2 Å². The zero-order valence-electron chi connectivity index (χ0n) is 15.4. The van der Waals surface area contributed by atoms with Crippen LogP contribution >= 0.6 is 15.9 Å². The average molecular weight is 435 g/mol. The van der Waals surface area contributed by atoms with Gasteiger partial charge < -0.3 is 18.9 Å². The molecule has 0 aromatic heterocycles. The van der Waals surface area contributed by atoms with Crippen molar-refractivity contribution >= 4 is 27.7 Å². The summed E-state index contributed by atoms with van der Waals surface area (Å²) in [6.45, 7) is 1.43. The third kappa shape index (κ3) is 3.71. The van der Waals surface area contributed by atoms with Gasteiger partial charge in [-0.1, -0.05) is 22.0 Å². The van der Waals surface area contributed by atoms with Gasteiger partial charge in [0.05, 0.1) is 21.3 Å². The minimum absolute atomic E-state index is 0.251. The van der Waals surface area contributed by atoms with Crippen molar-refractivity contribution < 1.29 is 23.7 Å². The molecule has 2 aromatic carbocycles. The molecule has 27 heavy (non-hydrogen) atoms. The van der Waals surface area contributed by atoms with E-state index in [1.807, 2.05) is 24.3 Å². The number of halogens is 1. The molecule has 1 aliphatic heterocycles. The van der Waals surface area contributed by atoms with Crippen molar-refractivity contribution in [3.63, 3.8) is 0 Å². The normalized spacial score (nSPS) is 15.8. The van der Waals surface area contributed by atoms with Gasteiger partial charge in [-0.2, -0.15) is 5.01 Å². The Morgan fingerprint density at radius 1 is 1.11 bits per heavy atom. The van der Waals surface area contributed by atoms with Crippen LogP contribution in [0.1, 0.15) is 24.3 Å². The first-order chi connectivity index (χ1) is 13.0. The lowest BCUT2D eigenvalue weighted by molar-refractivity contribution is -0.135. The second kappa shape index (κ2) is 7.87. The molecule has 0 aliphatic carbocycles. The third-order valence-corrected chi connectivity index (χ3v) is 4.50. The fourth-order valence-electron chi connectivity index (χ4n) is 2.77. The highest BCUT2D eigenvalue weighted by atomic mass is 79.9. The van der Waals surface area contributed by atoms with Gasteiger partial charge in [0.15, 0.2) is 11.5 Å². The quantitative estimate of drug-likeness (QED) is 0.716. The maximum Gasteiger partial charge on any atom is 0.243 e. The lowest BCUT2D eigenvalue weighted by atomic mass is 10.1. The van der Waals surface area contributed by atoms with E-state index in [1.165, 1.54) is 33.3 Å². The second-order valence-corrected chi connectivity index (χ2v) is 6.62. The van der Waals surface area contributed by atoms with E-state index in [-0.39, 0.29) is 5.91 Å². The van der Waals surface area contributed by atoms with Crippen molar-refractivity contribution in [2.75, 3.05) is 21.3 Å². The van der Waals surface area contributed by atoms with Crippen LogP contribution in [-0.2, 0) is 9.53 Å². The van der Waals surface area contributed by atoms with E-state index >= 15 is 0 Å². The van der Waals surface area contributed by atoms with Gasteiger partial charge >= 0.3 is 0 Å². The fraction of sp³-hybridized carbons (Fsp3) is 0.263. The Labute approximate surface area is 165 Å². The fourth-order valence-corrected chi connectivity index (χ4v) is 3.16. The molecule has 8 heteroatoms. The van der Waals surface area contributed by atoms with Crippen LogP contribution in [0.25, 0.3) is 0 Å². The summed E-state index contributed by atoms with van der Waals surface area (Å²) in [4.78, 5) is 12.1. The third-order valence-electron chi connectivity index (χ3n) is 4.01. The van der Waals surface area contributed by atoms with Crippen LogP contribution in [0.15, 0.2) is 46.0 Å². The van der Waals surface area contributed by atoms with Crippen LogP contribution in [0.5, 0.6) is 17.2 Å². The monoisotopic (exact) mass is 434 g/mol. The van der Waals surface area contributed by atoms with Crippen molar-refractivity contribution in [3.05, 3.63) is 52.0 Å². The lowest BCUT2D eigenvalue weighted by Crippen LogP contribution is -2.25. The highest BCUT2D eigenvalue weighted by Crippen LogP contribution is 2.42. The van der Waals surface area contributed by atoms with Gasteiger partial charge in [0, 0.05) is 22.5 Å². The first kappa shape index (κ1) is 19.0. The smallest absolute Gasteiger partial charge is 0.243 e.